The van der Waals surface area contributed by atoms with E-state index >= 15 is 0 Å². The third-order valence-electron chi connectivity index (χ3n) is 4.03. The molecular weight excluding hydrogens is 431 g/mol. The van der Waals surface area contributed by atoms with E-state index in [2.05, 4.69) is 36.3 Å². The van der Waals surface area contributed by atoms with Crippen molar-refractivity contribution in [2.75, 3.05) is 18.5 Å². The van der Waals surface area contributed by atoms with Crippen LogP contribution in [0.15, 0.2) is 29.0 Å². The summed E-state index contributed by atoms with van der Waals surface area (Å²) in [5.74, 6) is 1.19. The van der Waals surface area contributed by atoms with E-state index in [1.807, 2.05) is 6.92 Å². The Hall–Kier alpha value is -2.56. The zero-order valence-electron chi connectivity index (χ0n) is 13.9. The van der Waals surface area contributed by atoms with E-state index in [4.69, 9.17) is 9.47 Å². The Bertz CT molecular complexity index is 1010. The summed E-state index contributed by atoms with van der Waals surface area (Å²) < 4.78 is 52.5. The highest BCUT2D eigenvalue weighted by Gasteiger charge is 2.34. The van der Waals surface area contributed by atoms with Crippen LogP contribution >= 0.6 is 15.9 Å². The highest BCUT2D eigenvalue weighted by Crippen LogP contribution is 2.39. The number of hydrogen-bond acceptors (Lipinski definition) is 6. The molecule has 1 unspecified atom stereocenters. The van der Waals surface area contributed by atoms with E-state index in [0.29, 0.717) is 24.7 Å². The highest BCUT2D eigenvalue weighted by molar-refractivity contribution is 9.10. The molecular formula is C16H13BrF3N5O2. The van der Waals surface area contributed by atoms with Gasteiger partial charge < -0.3 is 14.8 Å². The van der Waals surface area contributed by atoms with Crippen LogP contribution in [0.3, 0.4) is 0 Å². The van der Waals surface area contributed by atoms with Crippen LogP contribution in [0.4, 0.5) is 19.0 Å². The van der Waals surface area contributed by atoms with Gasteiger partial charge in [0.1, 0.15) is 25.4 Å². The lowest BCUT2D eigenvalue weighted by Gasteiger charge is -2.23. The van der Waals surface area contributed by atoms with Gasteiger partial charge in [-0.15, -0.1) is 0 Å². The molecule has 0 radical (unpaired) electrons. The van der Waals surface area contributed by atoms with E-state index in [1.54, 1.807) is 12.1 Å². The molecule has 0 spiro atoms. The maximum atomic E-state index is 13.1. The smallest absolute Gasteiger partial charge is 0.433 e. The molecule has 7 nitrogen and oxygen atoms in total. The van der Waals surface area contributed by atoms with Crippen LogP contribution in [0.2, 0.25) is 0 Å². The fourth-order valence-corrected chi connectivity index (χ4v) is 3.44. The molecule has 1 N–H and O–H groups in total. The first-order valence-corrected chi connectivity index (χ1v) is 8.76. The first kappa shape index (κ1) is 17.8. The topological polar surface area (TPSA) is 73.6 Å². The summed E-state index contributed by atoms with van der Waals surface area (Å²) in [7, 11) is 0. The van der Waals surface area contributed by atoms with E-state index in [-0.39, 0.29) is 17.6 Å². The number of ether oxygens (including phenoxy) is 2. The molecule has 142 valence electrons. The summed E-state index contributed by atoms with van der Waals surface area (Å²) in [6, 6.07) is 4.11. The van der Waals surface area contributed by atoms with Crippen LogP contribution in [0.25, 0.3) is 5.78 Å². The molecule has 0 amide bonds. The lowest BCUT2D eigenvalue weighted by Crippen LogP contribution is -2.17. The highest BCUT2D eigenvalue weighted by atomic mass is 79.9. The average Bonchev–Trinajstić information content (AvgIpc) is 3.09. The number of nitrogens with one attached hydrogen (secondary N) is 1. The van der Waals surface area contributed by atoms with Crippen molar-refractivity contribution in [3.05, 3.63) is 40.3 Å². The number of alkyl halides is 3. The zero-order valence-corrected chi connectivity index (χ0v) is 15.5. The van der Waals surface area contributed by atoms with Crippen molar-refractivity contribution < 1.29 is 22.6 Å². The van der Waals surface area contributed by atoms with Gasteiger partial charge in [-0.25, -0.2) is 4.98 Å². The Morgan fingerprint density at radius 2 is 1.89 bits per heavy atom. The number of benzene rings is 1. The van der Waals surface area contributed by atoms with E-state index in [0.717, 1.165) is 22.4 Å². The third kappa shape index (κ3) is 3.38. The van der Waals surface area contributed by atoms with Crippen LogP contribution in [0.5, 0.6) is 11.5 Å². The number of rotatable bonds is 3. The van der Waals surface area contributed by atoms with Gasteiger partial charge in [-0.1, -0.05) is 15.9 Å². The molecule has 27 heavy (non-hydrogen) atoms. The average molecular weight is 444 g/mol. The number of fused-ring (bicyclic) bond motifs is 2. The van der Waals surface area contributed by atoms with Crippen LogP contribution in [0.1, 0.15) is 24.2 Å². The van der Waals surface area contributed by atoms with Crippen molar-refractivity contribution in [1.29, 1.82) is 0 Å². The van der Waals surface area contributed by atoms with Gasteiger partial charge in [-0.3, -0.25) is 0 Å². The largest absolute Gasteiger partial charge is 0.486 e. The Kier molecular flexibility index (Phi) is 4.33. The van der Waals surface area contributed by atoms with E-state index < -0.39 is 11.9 Å². The van der Waals surface area contributed by atoms with Gasteiger partial charge in [0.2, 0.25) is 0 Å². The molecule has 1 aliphatic heterocycles. The van der Waals surface area contributed by atoms with Gasteiger partial charge in [0, 0.05) is 10.5 Å². The lowest BCUT2D eigenvalue weighted by atomic mass is 10.1. The zero-order chi connectivity index (χ0) is 19.2. The normalized spacial score (nSPS) is 15.0. The molecule has 0 fully saturated rings. The molecule has 4 rings (SSSR count). The molecule has 1 aliphatic rings. The van der Waals surface area contributed by atoms with Crippen molar-refractivity contribution >= 4 is 27.5 Å². The second kappa shape index (κ2) is 6.55. The molecule has 0 bridgehead atoms. The summed E-state index contributed by atoms with van der Waals surface area (Å²) in [5, 5.41) is 6.98. The summed E-state index contributed by atoms with van der Waals surface area (Å²) >= 11 is 3.48. The van der Waals surface area contributed by atoms with Gasteiger partial charge >= 0.3 is 6.18 Å². The Morgan fingerprint density at radius 3 is 2.59 bits per heavy atom. The fraction of sp³-hybridized carbons (Fsp3) is 0.312. The van der Waals surface area contributed by atoms with Crippen molar-refractivity contribution in [2.45, 2.75) is 19.1 Å². The first-order chi connectivity index (χ1) is 12.8. The number of nitrogens with zero attached hydrogens (tertiary/aromatic N) is 4. The van der Waals surface area contributed by atoms with Crippen molar-refractivity contribution in [3.8, 4) is 11.5 Å². The van der Waals surface area contributed by atoms with Gasteiger partial charge in [0.05, 0.1) is 6.04 Å². The minimum Gasteiger partial charge on any atom is -0.486 e. The second-order valence-electron chi connectivity index (χ2n) is 5.88. The van der Waals surface area contributed by atoms with Crippen LogP contribution in [0, 0.1) is 0 Å². The molecule has 11 heteroatoms. The minimum absolute atomic E-state index is 0.124. The fourth-order valence-electron chi connectivity index (χ4n) is 2.77. The Balaban J connectivity index is 1.71. The molecule has 0 saturated carbocycles. The van der Waals surface area contributed by atoms with Crippen LogP contribution < -0.4 is 14.8 Å². The maximum Gasteiger partial charge on any atom is 0.433 e. The minimum atomic E-state index is -4.59. The van der Waals surface area contributed by atoms with Crippen LogP contribution in [-0.2, 0) is 6.18 Å². The van der Waals surface area contributed by atoms with Crippen molar-refractivity contribution in [3.63, 3.8) is 0 Å². The van der Waals surface area contributed by atoms with Crippen molar-refractivity contribution in [2.24, 2.45) is 0 Å². The van der Waals surface area contributed by atoms with Crippen LogP contribution in [-0.4, -0.2) is 32.8 Å². The molecule has 2 aromatic heterocycles. The van der Waals surface area contributed by atoms with Gasteiger partial charge in [-0.2, -0.15) is 27.8 Å². The Labute approximate surface area is 159 Å². The number of aromatic nitrogens is 4. The van der Waals surface area contributed by atoms with Gasteiger partial charge in [-0.05, 0) is 24.6 Å². The standard InChI is InChI=1S/C16H13BrF3N5O2/c1-8(9-4-11-12(5-10(9)17)27-3-2-26-11)23-14-6-13(16(18,19)20)24-15-21-7-22-25(14)15/h4-8,23H,2-3H2,1H3. The molecule has 3 heterocycles. The monoisotopic (exact) mass is 443 g/mol. The molecule has 0 saturated heterocycles. The van der Waals surface area contributed by atoms with Gasteiger partial charge in [0.25, 0.3) is 5.78 Å². The predicted molar refractivity (Wildman–Crippen MR) is 93.0 cm³/mol. The van der Waals surface area contributed by atoms with Gasteiger partial charge in [0.15, 0.2) is 17.2 Å². The Morgan fingerprint density at radius 1 is 1.19 bits per heavy atom. The summed E-state index contributed by atoms with van der Waals surface area (Å²) in [6.45, 7) is 2.72. The summed E-state index contributed by atoms with van der Waals surface area (Å²) in [4.78, 5) is 7.26. The number of halogens is 4. The molecule has 0 aliphatic carbocycles. The number of anilines is 1. The molecule has 3 aromatic rings. The maximum absolute atomic E-state index is 13.1. The van der Waals surface area contributed by atoms with E-state index in [1.165, 1.54) is 4.52 Å². The second-order valence-corrected chi connectivity index (χ2v) is 6.73. The predicted octanol–water partition coefficient (Wildman–Crippen LogP) is 3.85. The molecule has 1 atom stereocenters. The quantitative estimate of drug-likeness (QED) is 0.662. The number of hydrogen-bond donors (Lipinski definition) is 1. The third-order valence-corrected chi connectivity index (χ3v) is 4.72. The lowest BCUT2D eigenvalue weighted by molar-refractivity contribution is -0.141. The van der Waals surface area contributed by atoms with E-state index in [9.17, 15) is 13.2 Å². The summed E-state index contributed by atoms with van der Waals surface area (Å²) in [6.07, 6.45) is -3.44. The molecule has 1 aromatic carbocycles. The first-order valence-electron chi connectivity index (χ1n) is 7.96. The summed E-state index contributed by atoms with van der Waals surface area (Å²) in [5.41, 5.74) is -0.253. The SMILES string of the molecule is CC(Nc1cc(C(F)(F)F)nc2ncnn12)c1cc2c(cc1Br)OCCO2. The van der Waals surface area contributed by atoms with Crippen molar-refractivity contribution in [1.82, 2.24) is 19.6 Å².